The minimum atomic E-state index is 0.737. The van der Waals surface area contributed by atoms with E-state index < -0.39 is 0 Å². The van der Waals surface area contributed by atoms with Gasteiger partial charge in [-0.05, 0) is 40.8 Å². The highest BCUT2D eigenvalue weighted by atomic mass is 127. The second-order valence-corrected chi connectivity index (χ2v) is 6.46. The first-order chi connectivity index (χ1) is 10.3. The van der Waals surface area contributed by atoms with E-state index in [0.717, 1.165) is 26.9 Å². The molecule has 0 saturated heterocycles. The number of fused-ring (bicyclic) bond motifs is 1. The number of halogens is 1. The molecule has 0 radical (unpaired) electrons. The maximum absolute atomic E-state index is 4.67. The van der Waals surface area contributed by atoms with Crippen molar-refractivity contribution < 1.29 is 0 Å². The van der Waals surface area contributed by atoms with Crippen LogP contribution in [0.1, 0.15) is 0 Å². The molecule has 3 aromatic heterocycles. The molecule has 0 amide bonds. The van der Waals surface area contributed by atoms with Crippen molar-refractivity contribution >= 4 is 38.9 Å². The maximum atomic E-state index is 4.67. The average Bonchev–Trinajstić information content (AvgIpc) is 3.08. The third-order valence-electron chi connectivity index (χ3n) is 3.03. The zero-order valence-corrected chi connectivity index (χ0v) is 13.6. The fourth-order valence-electron chi connectivity index (χ4n) is 2.04. The van der Waals surface area contributed by atoms with Crippen LogP contribution < -0.4 is 0 Å². The lowest BCUT2D eigenvalue weighted by Gasteiger charge is -1.98. The smallest absolute Gasteiger partial charge is 0.235 e. The molecule has 3 heterocycles. The highest BCUT2D eigenvalue weighted by molar-refractivity contribution is 14.1. The molecular formula is C14H8IN5S. The van der Waals surface area contributed by atoms with Crippen LogP contribution in [0.15, 0.2) is 48.8 Å². The summed E-state index contributed by atoms with van der Waals surface area (Å²) in [5.41, 5.74) is 2.08. The van der Waals surface area contributed by atoms with Gasteiger partial charge in [-0.1, -0.05) is 29.5 Å². The van der Waals surface area contributed by atoms with E-state index in [1.165, 1.54) is 14.9 Å². The monoisotopic (exact) mass is 405 g/mol. The summed E-state index contributed by atoms with van der Waals surface area (Å²) in [5, 5.41) is 14.0. The first-order valence-corrected chi connectivity index (χ1v) is 8.10. The minimum absolute atomic E-state index is 0.737. The van der Waals surface area contributed by atoms with E-state index in [-0.39, 0.29) is 0 Å². The fraction of sp³-hybridized carbons (Fsp3) is 0. The number of nitrogens with zero attached hydrogens (tertiary/aromatic N) is 5. The summed E-state index contributed by atoms with van der Waals surface area (Å²) in [7, 11) is 0. The van der Waals surface area contributed by atoms with Crippen molar-refractivity contribution in [1.82, 2.24) is 24.8 Å². The van der Waals surface area contributed by atoms with Crippen molar-refractivity contribution in [3.05, 3.63) is 52.4 Å². The quantitative estimate of drug-likeness (QED) is 0.479. The fourth-order valence-corrected chi connectivity index (χ4v) is 3.75. The lowest BCUT2D eigenvalue weighted by Crippen LogP contribution is -1.91. The molecule has 0 saturated carbocycles. The molecule has 1 aromatic carbocycles. The zero-order valence-electron chi connectivity index (χ0n) is 10.6. The van der Waals surface area contributed by atoms with Crippen molar-refractivity contribution in [2.45, 2.75) is 0 Å². The Kier molecular flexibility index (Phi) is 3.15. The summed E-state index contributed by atoms with van der Waals surface area (Å²) in [4.78, 5) is 4.81. The molecule has 7 heteroatoms. The molecule has 0 unspecified atom stereocenters. The molecule has 102 valence electrons. The van der Waals surface area contributed by atoms with E-state index in [0.29, 0.717) is 0 Å². The Morgan fingerprint density at radius 1 is 1.00 bits per heavy atom. The van der Waals surface area contributed by atoms with Gasteiger partial charge < -0.3 is 0 Å². The third kappa shape index (κ3) is 2.22. The van der Waals surface area contributed by atoms with Gasteiger partial charge in [0.2, 0.25) is 4.96 Å². The van der Waals surface area contributed by atoms with Crippen LogP contribution in [0.5, 0.6) is 0 Å². The van der Waals surface area contributed by atoms with Crippen LogP contribution in [-0.2, 0) is 0 Å². The molecule has 0 spiro atoms. The number of hydrogen-bond acceptors (Lipinski definition) is 5. The summed E-state index contributed by atoms with van der Waals surface area (Å²) in [6.45, 7) is 0. The van der Waals surface area contributed by atoms with Gasteiger partial charge in [-0.25, -0.2) is 0 Å². The molecular weight excluding hydrogens is 397 g/mol. The van der Waals surface area contributed by atoms with Crippen molar-refractivity contribution in [1.29, 1.82) is 0 Å². The molecule has 4 rings (SSSR count). The van der Waals surface area contributed by atoms with E-state index in [9.17, 15) is 0 Å². The minimum Gasteiger partial charge on any atom is -0.265 e. The number of pyridine rings is 1. The van der Waals surface area contributed by atoms with Gasteiger partial charge in [0, 0.05) is 27.1 Å². The largest absolute Gasteiger partial charge is 0.265 e. The van der Waals surface area contributed by atoms with E-state index in [1.54, 1.807) is 16.9 Å². The van der Waals surface area contributed by atoms with Crippen LogP contribution in [0, 0.1) is 3.57 Å². The molecule has 0 atom stereocenters. The van der Waals surface area contributed by atoms with Gasteiger partial charge in [0.15, 0.2) is 5.82 Å². The maximum Gasteiger partial charge on any atom is 0.235 e. The Morgan fingerprint density at radius 2 is 1.81 bits per heavy atom. The summed E-state index contributed by atoms with van der Waals surface area (Å²) < 4.78 is 2.96. The molecule has 0 fully saturated rings. The molecule has 4 aromatic rings. The lowest BCUT2D eigenvalue weighted by atomic mass is 10.2. The molecule has 0 N–H and O–H groups in total. The number of hydrogen-bond donors (Lipinski definition) is 0. The molecule has 0 bridgehead atoms. The van der Waals surface area contributed by atoms with Gasteiger partial charge in [-0.3, -0.25) is 4.98 Å². The van der Waals surface area contributed by atoms with Crippen LogP contribution in [0.25, 0.3) is 26.9 Å². The normalized spacial score (nSPS) is 11.1. The van der Waals surface area contributed by atoms with Crippen molar-refractivity contribution in [2.75, 3.05) is 0 Å². The van der Waals surface area contributed by atoms with Crippen molar-refractivity contribution in [3.8, 4) is 22.0 Å². The second-order valence-electron chi connectivity index (χ2n) is 4.34. The first-order valence-electron chi connectivity index (χ1n) is 6.20. The predicted octanol–water partition coefficient (Wildman–Crippen LogP) is 3.52. The third-order valence-corrected chi connectivity index (χ3v) is 4.91. The average molecular weight is 405 g/mol. The lowest BCUT2D eigenvalue weighted by molar-refractivity contribution is 0.969. The number of rotatable bonds is 2. The van der Waals surface area contributed by atoms with Gasteiger partial charge in [-0.15, -0.1) is 10.2 Å². The Labute approximate surface area is 137 Å². The summed E-state index contributed by atoms with van der Waals surface area (Å²) in [6.07, 6.45) is 3.48. The van der Waals surface area contributed by atoms with E-state index in [2.05, 4.69) is 55.0 Å². The summed E-state index contributed by atoms with van der Waals surface area (Å²) in [6, 6.07) is 12.0. The van der Waals surface area contributed by atoms with Crippen LogP contribution in [0.4, 0.5) is 0 Å². The highest BCUT2D eigenvalue weighted by Crippen LogP contribution is 2.30. The van der Waals surface area contributed by atoms with Crippen LogP contribution in [-0.4, -0.2) is 24.8 Å². The van der Waals surface area contributed by atoms with Gasteiger partial charge in [0.25, 0.3) is 0 Å². The topological polar surface area (TPSA) is 56.0 Å². The molecule has 5 nitrogen and oxygen atoms in total. The van der Waals surface area contributed by atoms with Crippen LogP contribution in [0.3, 0.4) is 0 Å². The van der Waals surface area contributed by atoms with Crippen molar-refractivity contribution in [2.24, 2.45) is 0 Å². The Bertz CT molecular complexity index is 915. The van der Waals surface area contributed by atoms with Gasteiger partial charge in [0.1, 0.15) is 5.01 Å². The Balaban J connectivity index is 1.89. The molecule has 0 aliphatic carbocycles. The van der Waals surface area contributed by atoms with Gasteiger partial charge in [-0.2, -0.15) is 9.61 Å². The molecule has 21 heavy (non-hydrogen) atoms. The SMILES string of the molecule is Ic1ccccc1-c1nn2c(-c3ccncc3)nnc2s1. The standard InChI is InChI=1S/C14H8IN5S/c15-11-4-2-1-3-10(11)13-19-20-12(17-18-14(20)21-13)9-5-7-16-8-6-9/h1-8H. The summed E-state index contributed by atoms with van der Waals surface area (Å²) >= 11 is 3.86. The van der Waals surface area contributed by atoms with Crippen molar-refractivity contribution in [3.63, 3.8) is 0 Å². The van der Waals surface area contributed by atoms with Crippen LogP contribution >= 0.6 is 33.9 Å². The van der Waals surface area contributed by atoms with Gasteiger partial charge in [0.05, 0.1) is 0 Å². The first kappa shape index (κ1) is 12.8. The second kappa shape index (κ2) is 5.15. The number of benzene rings is 1. The molecule has 0 aliphatic rings. The highest BCUT2D eigenvalue weighted by Gasteiger charge is 2.15. The summed E-state index contributed by atoms with van der Waals surface area (Å²) in [5.74, 6) is 0.737. The van der Waals surface area contributed by atoms with Gasteiger partial charge >= 0.3 is 0 Å². The van der Waals surface area contributed by atoms with E-state index in [4.69, 9.17) is 0 Å². The van der Waals surface area contributed by atoms with E-state index in [1.807, 2.05) is 24.3 Å². The number of aromatic nitrogens is 5. The van der Waals surface area contributed by atoms with Crippen LogP contribution in [0.2, 0.25) is 0 Å². The molecule has 0 aliphatic heterocycles. The van der Waals surface area contributed by atoms with E-state index >= 15 is 0 Å². The predicted molar refractivity (Wildman–Crippen MR) is 90.0 cm³/mol. The Morgan fingerprint density at radius 3 is 2.62 bits per heavy atom. The zero-order chi connectivity index (χ0) is 14.2. The Hall–Kier alpha value is -1.87.